The molecule has 0 bridgehead atoms. The van der Waals surface area contributed by atoms with E-state index in [1.807, 2.05) is 0 Å². The highest BCUT2D eigenvalue weighted by molar-refractivity contribution is 9.10. The second-order valence-electron chi connectivity index (χ2n) is 6.07. The quantitative estimate of drug-likeness (QED) is 0.421. The predicted molar refractivity (Wildman–Crippen MR) is 112 cm³/mol. The average Bonchev–Trinajstić information content (AvgIpc) is 2.66. The summed E-state index contributed by atoms with van der Waals surface area (Å²) in [5, 5.41) is 2.94. The number of nitrogens with zero attached hydrogens (tertiary/aromatic N) is 1. The molecule has 2 N–H and O–H groups in total. The minimum Gasteiger partial charge on any atom is -0.385 e. The minimum atomic E-state index is -0.554. The molecule has 0 aliphatic rings. The molecule has 6 nitrogen and oxygen atoms in total. The summed E-state index contributed by atoms with van der Waals surface area (Å²) < 4.78 is 21.2. The summed E-state index contributed by atoms with van der Waals surface area (Å²) in [6.45, 7) is 0.952. The van der Waals surface area contributed by atoms with Crippen LogP contribution in [-0.2, 0) is 11.3 Å². The van der Waals surface area contributed by atoms with Crippen molar-refractivity contribution in [3.05, 3.63) is 67.4 Å². The van der Waals surface area contributed by atoms with Crippen LogP contribution in [0, 0.1) is 10.6 Å². The molecule has 28 heavy (non-hydrogen) atoms. The van der Waals surface area contributed by atoms with Crippen molar-refractivity contribution in [1.82, 2.24) is 9.55 Å². The van der Waals surface area contributed by atoms with E-state index in [2.05, 4.69) is 26.2 Å². The van der Waals surface area contributed by atoms with Gasteiger partial charge in [-0.05, 0) is 55.0 Å². The molecule has 2 aromatic carbocycles. The number of carbonyl (C=O) groups excluding carboxylic acids is 1. The standard InChI is InChI=1S/C19H17BrFN3O3S/c1-27-8-2-7-24-18(26)13-5-3-11(9-16(13)23-19(24)28)17(25)22-15-6-4-12(20)10-14(15)21/h3-6,9-10H,2,7-8H2,1H3,(H,22,25)(H,23,28). The van der Waals surface area contributed by atoms with E-state index in [9.17, 15) is 14.0 Å². The van der Waals surface area contributed by atoms with Crippen molar-refractivity contribution in [2.75, 3.05) is 19.0 Å². The van der Waals surface area contributed by atoms with E-state index in [1.165, 1.54) is 28.8 Å². The molecule has 1 amide bonds. The Morgan fingerprint density at radius 1 is 1.32 bits per heavy atom. The summed E-state index contributed by atoms with van der Waals surface area (Å²) in [4.78, 5) is 28.1. The molecule has 0 saturated carbocycles. The van der Waals surface area contributed by atoms with E-state index in [-0.39, 0.29) is 21.6 Å². The molecule has 0 radical (unpaired) electrons. The van der Waals surface area contributed by atoms with Gasteiger partial charge in [-0.25, -0.2) is 4.39 Å². The van der Waals surface area contributed by atoms with Crippen LogP contribution < -0.4 is 10.9 Å². The predicted octanol–water partition coefficient (Wildman–Crippen LogP) is 4.25. The first-order valence-corrected chi connectivity index (χ1v) is 9.63. The third-order valence-corrected chi connectivity index (χ3v) is 4.97. The molecule has 0 aliphatic carbocycles. The molecule has 0 aliphatic heterocycles. The van der Waals surface area contributed by atoms with Crippen LogP contribution in [0.5, 0.6) is 0 Å². The summed E-state index contributed by atoms with van der Waals surface area (Å²) >= 11 is 8.44. The number of nitrogens with one attached hydrogen (secondary N) is 2. The van der Waals surface area contributed by atoms with Crippen LogP contribution >= 0.6 is 28.1 Å². The number of H-pyrrole nitrogens is 1. The smallest absolute Gasteiger partial charge is 0.262 e. The van der Waals surface area contributed by atoms with Crippen LogP contribution in [0.25, 0.3) is 10.9 Å². The Labute approximate surface area is 173 Å². The molecule has 0 unspecified atom stereocenters. The monoisotopic (exact) mass is 465 g/mol. The Balaban J connectivity index is 1.91. The highest BCUT2D eigenvalue weighted by Gasteiger charge is 2.12. The van der Waals surface area contributed by atoms with Crippen molar-refractivity contribution in [3.63, 3.8) is 0 Å². The van der Waals surface area contributed by atoms with E-state index in [1.54, 1.807) is 19.2 Å². The van der Waals surface area contributed by atoms with Gasteiger partial charge in [0.2, 0.25) is 0 Å². The first-order valence-electron chi connectivity index (χ1n) is 8.43. The summed E-state index contributed by atoms with van der Waals surface area (Å²) in [5.41, 5.74) is 0.550. The second-order valence-corrected chi connectivity index (χ2v) is 7.37. The van der Waals surface area contributed by atoms with E-state index < -0.39 is 11.7 Å². The number of carbonyl (C=O) groups is 1. The van der Waals surface area contributed by atoms with Crippen molar-refractivity contribution in [1.29, 1.82) is 0 Å². The lowest BCUT2D eigenvalue weighted by Crippen LogP contribution is -2.23. The SMILES string of the molecule is COCCCn1c(=S)[nH]c2cc(C(=O)Nc3ccc(Br)cc3F)ccc2c1=O. The maximum Gasteiger partial charge on any atom is 0.262 e. The Kier molecular flexibility index (Phi) is 6.38. The van der Waals surface area contributed by atoms with E-state index in [0.717, 1.165) is 0 Å². The maximum atomic E-state index is 13.9. The van der Waals surface area contributed by atoms with Gasteiger partial charge in [0.15, 0.2) is 4.77 Å². The third-order valence-electron chi connectivity index (χ3n) is 4.15. The van der Waals surface area contributed by atoms with Gasteiger partial charge in [-0.3, -0.25) is 14.2 Å². The molecule has 1 aromatic heterocycles. The van der Waals surface area contributed by atoms with Gasteiger partial charge in [0, 0.05) is 30.3 Å². The molecule has 9 heteroatoms. The third kappa shape index (κ3) is 4.37. The van der Waals surface area contributed by atoms with Gasteiger partial charge < -0.3 is 15.0 Å². The van der Waals surface area contributed by atoms with Gasteiger partial charge >= 0.3 is 0 Å². The number of aromatic amines is 1. The Bertz CT molecular complexity index is 1160. The number of aromatic nitrogens is 2. The number of fused-ring (bicyclic) bond motifs is 1. The lowest BCUT2D eigenvalue weighted by molar-refractivity contribution is 0.102. The highest BCUT2D eigenvalue weighted by Crippen LogP contribution is 2.20. The van der Waals surface area contributed by atoms with Gasteiger partial charge in [-0.15, -0.1) is 0 Å². The Hall–Kier alpha value is -2.36. The number of benzene rings is 2. The maximum absolute atomic E-state index is 13.9. The summed E-state index contributed by atoms with van der Waals surface area (Å²) in [6, 6.07) is 8.96. The number of ether oxygens (including phenoxy) is 1. The average molecular weight is 466 g/mol. The first kappa shape index (κ1) is 20.4. The molecule has 0 saturated heterocycles. The Morgan fingerprint density at radius 2 is 2.11 bits per heavy atom. The van der Waals surface area contributed by atoms with Gasteiger partial charge in [0.05, 0.1) is 16.6 Å². The molecule has 0 fully saturated rings. The van der Waals surface area contributed by atoms with Crippen LogP contribution in [0.4, 0.5) is 10.1 Å². The zero-order valence-corrected chi connectivity index (χ0v) is 17.3. The van der Waals surface area contributed by atoms with Gasteiger partial charge in [-0.1, -0.05) is 15.9 Å². The van der Waals surface area contributed by atoms with Crippen LogP contribution in [0.15, 0.2) is 45.7 Å². The number of amides is 1. The van der Waals surface area contributed by atoms with E-state index in [0.29, 0.717) is 34.9 Å². The number of hydrogen-bond donors (Lipinski definition) is 2. The van der Waals surface area contributed by atoms with Crippen molar-refractivity contribution < 1.29 is 13.9 Å². The molecular weight excluding hydrogens is 449 g/mol. The van der Waals surface area contributed by atoms with Crippen LogP contribution in [-0.4, -0.2) is 29.2 Å². The fourth-order valence-electron chi connectivity index (χ4n) is 2.75. The van der Waals surface area contributed by atoms with Crippen LogP contribution in [0.2, 0.25) is 0 Å². The van der Waals surface area contributed by atoms with Gasteiger partial charge in [0.25, 0.3) is 11.5 Å². The fraction of sp³-hybridized carbons (Fsp3) is 0.211. The molecule has 146 valence electrons. The fourth-order valence-corrected chi connectivity index (χ4v) is 3.37. The molecule has 0 atom stereocenters. The lowest BCUT2D eigenvalue weighted by atomic mass is 10.1. The van der Waals surface area contributed by atoms with Crippen molar-refractivity contribution in [2.45, 2.75) is 13.0 Å². The number of rotatable bonds is 6. The zero-order chi connectivity index (χ0) is 20.3. The van der Waals surface area contributed by atoms with Gasteiger partial charge in [0.1, 0.15) is 5.82 Å². The van der Waals surface area contributed by atoms with Crippen LogP contribution in [0.3, 0.4) is 0 Å². The highest BCUT2D eigenvalue weighted by atomic mass is 79.9. The first-order chi connectivity index (χ1) is 13.4. The molecule has 0 spiro atoms. The number of anilines is 1. The van der Waals surface area contributed by atoms with Crippen molar-refractivity contribution in [2.24, 2.45) is 0 Å². The minimum absolute atomic E-state index is 0.0646. The lowest BCUT2D eigenvalue weighted by Gasteiger charge is -2.10. The van der Waals surface area contributed by atoms with Crippen molar-refractivity contribution >= 4 is 50.6 Å². The largest absolute Gasteiger partial charge is 0.385 e. The number of methoxy groups -OCH3 is 1. The number of halogens is 2. The number of hydrogen-bond acceptors (Lipinski definition) is 4. The molecule has 1 heterocycles. The zero-order valence-electron chi connectivity index (χ0n) is 14.9. The molecular formula is C19H17BrFN3O3S. The van der Waals surface area contributed by atoms with Crippen LogP contribution in [0.1, 0.15) is 16.8 Å². The Morgan fingerprint density at radius 3 is 2.82 bits per heavy atom. The van der Waals surface area contributed by atoms with Gasteiger partial charge in [-0.2, -0.15) is 0 Å². The van der Waals surface area contributed by atoms with E-state index in [4.69, 9.17) is 17.0 Å². The summed E-state index contributed by atoms with van der Waals surface area (Å²) in [5.74, 6) is -1.05. The normalized spacial score (nSPS) is 11.0. The summed E-state index contributed by atoms with van der Waals surface area (Å²) in [6.07, 6.45) is 0.651. The second kappa shape index (κ2) is 8.76. The van der Waals surface area contributed by atoms with Crippen molar-refractivity contribution in [3.8, 4) is 0 Å². The summed E-state index contributed by atoms with van der Waals surface area (Å²) in [7, 11) is 1.59. The molecule has 3 rings (SSSR count). The molecule has 3 aromatic rings. The topological polar surface area (TPSA) is 76.1 Å². The van der Waals surface area contributed by atoms with E-state index >= 15 is 0 Å².